The Bertz CT molecular complexity index is 3400. The van der Waals surface area contributed by atoms with Crippen LogP contribution in [0.25, 0.3) is 98.8 Å². The summed E-state index contributed by atoms with van der Waals surface area (Å²) in [6.07, 6.45) is 0. The second kappa shape index (κ2) is 11.1. The number of para-hydroxylation sites is 1. The molecule has 0 saturated carbocycles. The van der Waals surface area contributed by atoms with Gasteiger partial charge in [0.2, 0.25) is 0 Å². The molecule has 0 amide bonds. The first-order valence-electron chi connectivity index (χ1n) is 19.3. The van der Waals surface area contributed by atoms with Crippen molar-refractivity contribution in [2.24, 2.45) is 0 Å². The van der Waals surface area contributed by atoms with Gasteiger partial charge < -0.3 is 9.13 Å². The first-order valence-corrected chi connectivity index (χ1v) is 19.3. The smallest absolute Gasteiger partial charge is 0.0547 e. The third-order valence-electron chi connectivity index (χ3n) is 12.5. The summed E-state index contributed by atoms with van der Waals surface area (Å²) in [5.41, 5.74) is 15.2. The number of rotatable bonds is 3. The highest BCUT2D eigenvalue weighted by Gasteiger charge is 2.37. The standard InChI is InChI=1S/C53H36N2/c1-53(2)43-21-9-7-20-40(43)51-44(53)27-30-50-52(51)42-32-36(26-29-49(42)55(50)46-24-12-16-34-14-4-6-18-38(34)46)35-25-28-48-41(31-35)39-19-8-10-22-47(39)54(48)45-23-11-15-33-13-3-5-17-37(33)45/h3-32H,1-2H3. The largest absolute Gasteiger partial charge is 0.309 e. The summed E-state index contributed by atoms with van der Waals surface area (Å²) in [4.78, 5) is 0. The van der Waals surface area contributed by atoms with E-state index in [4.69, 9.17) is 0 Å². The SMILES string of the molecule is CC1(C)c2ccccc2-c2c1ccc1c2c2cc(-c3ccc4c(c3)c3ccccc3n4-c3cccc4ccccc34)ccc2n1-c1cccc2ccccc12. The van der Waals surface area contributed by atoms with Crippen molar-refractivity contribution >= 4 is 65.2 Å². The zero-order valence-electron chi connectivity index (χ0n) is 30.7. The third-order valence-corrected chi connectivity index (χ3v) is 12.5. The fourth-order valence-corrected chi connectivity index (χ4v) is 9.96. The normalized spacial score (nSPS) is 13.4. The first-order chi connectivity index (χ1) is 27.1. The Balaban J connectivity index is 1.14. The second-order valence-electron chi connectivity index (χ2n) is 15.7. The Morgan fingerprint density at radius 1 is 0.364 bits per heavy atom. The molecule has 2 aromatic heterocycles. The molecule has 258 valence electrons. The van der Waals surface area contributed by atoms with E-state index < -0.39 is 0 Å². The lowest BCUT2D eigenvalue weighted by atomic mass is 9.82. The summed E-state index contributed by atoms with van der Waals surface area (Å²) < 4.78 is 4.95. The van der Waals surface area contributed by atoms with E-state index in [0.29, 0.717) is 0 Å². The zero-order valence-corrected chi connectivity index (χ0v) is 30.7. The van der Waals surface area contributed by atoms with Gasteiger partial charge >= 0.3 is 0 Å². The van der Waals surface area contributed by atoms with E-state index >= 15 is 0 Å². The van der Waals surface area contributed by atoms with Crippen LogP contribution in [0.1, 0.15) is 25.0 Å². The molecule has 12 rings (SSSR count). The molecule has 0 fully saturated rings. The van der Waals surface area contributed by atoms with Gasteiger partial charge in [0.05, 0.1) is 33.4 Å². The lowest BCUT2D eigenvalue weighted by Gasteiger charge is -2.21. The Morgan fingerprint density at radius 3 is 1.58 bits per heavy atom. The maximum atomic E-state index is 2.51. The van der Waals surface area contributed by atoms with Gasteiger partial charge in [0, 0.05) is 37.7 Å². The number of hydrogen-bond acceptors (Lipinski definition) is 0. The monoisotopic (exact) mass is 700 g/mol. The van der Waals surface area contributed by atoms with Crippen molar-refractivity contribution in [3.63, 3.8) is 0 Å². The van der Waals surface area contributed by atoms with E-state index in [1.165, 1.54) is 110 Å². The molecular formula is C53H36N2. The molecule has 1 aliphatic rings. The quantitative estimate of drug-likeness (QED) is 0.174. The summed E-state index contributed by atoms with van der Waals surface area (Å²) in [6, 6.07) is 67.6. The highest BCUT2D eigenvalue weighted by Crippen LogP contribution is 2.53. The molecule has 0 N–H and O–H groups in total. The van der Waals surface area contributed by atoms with Crippen LogP contribution in [-0.2, 0) is 5.41 Å². The summed E-state index contributed by atoms with van der Waals surface area (Å²) in [7, 11) is 0. The number of benzene rings is 9. The number of fused-ring (bicyclic) bond motifs is 12. The Morgan fingerprint density at radius 2 is 0.873 bits per heavy atom. The molecule has 0 bridgehead atoms. The van der Waals surface area contributed by atoms with E-state index in [-0.39, 0.29) is 5.41 Å². The summed E-state index contributed by atoms with van der Waals surface area (Å²) in [5, 5.41) is 10.1. The predicted octanol–water partition coefficient (Wildman–Crippen LogP) is 14.2. The maximum absolute atomic E-state index is 2.51. The van der Waals surface area contributed by atoms with E-state index in [2.05, 4.69) is 205 Å². The molecule has 0 saturated heterocycles. The minimum absolute atomic E-state index is 0.0884. The van der Waals surface area contributed by atoms with Gasteiger partial charge in [0.15, 0.2) is 0 Å². The molecule has 2 heteroatoms. The Labute approximate surface area is 319 Å². The molecule has 0 unspecified atom stereocenters. The zero-order chi connectivity index (χ0) is 36.4. The second-order valence-corrected chi connectivity index (χ2v) is 15.7. The van der Waals surface area contributed by atoms with Gasteiger partial charge in [0.1, 0.15) is 0 Å². The van der Waals surface area contributed by atoms with Crippen molar-refractivity contribution in [1.29, 1.82) is 0 Å². The van der Waals surface area contributed by atoms with E-state index in [0.717, 1.165) is 0 Å². The van der Waals surface area contributed by atoms with E-state index in [9.17, 15) is 0 Å². The van der Waals surface area contributed by atoms with Crippen LogP contribution in [-0.4, -0.2) is 9.13 Å². The number of hydrogen-bond donors (Lipinski definition) is 0. The fourth-order valence-electron chi connectivity index (χ4n) is 9.96. The van der Waals surface area contributed by atoms with Crippen LogP contribution in [0.5, 0.6) is 0 Å². The Hall–Kier alpha value is -6.90. The van der Waals surface area contributed by atoms with Crippen LogP contribution in [0.2, 0.25) is 0 Å². The van der Waals surface area contributed by atoms with Crippen LogP contribution in [0, 0.1) is 0 Å². The van der Waals surface area contributed by atoms with E-state index in [1.807, 2.05) is 0 Å². The fraction of sp³-hybridized carbons (Fsp3) is 0.0566. The summed E-state index contributed by atoms with van der Waals surface area (Å²) >= 11 is 0. The molecule has 0 atom stereocenters. The molecule has 2 heterocycles. The third kappa shape index (κ3) is 4.14. The molecule has 2 nitrogen and oxygen atoms in total. The first kappa shape index (κ1) is 30.6. The van der Waals surface area contributed by atoms with Crippen molar-refractivity contribution in [2.45, 2.75) is 19.3 Å². The number of aromatic nitrogens is 2. The lowest BCUT2D eigenvalue weighted by Crippen LogP contribution is -2.14. The van der Waals surface area contributed by atoms with Crippen molar-refractivity contribution in [2.75, 3.05) is 0 Å². The molecule has 9 aromatic carbocycles. The van der Waals surface area contributed by atoms with Gasteiger partial charge in [-0.2, -0.15) is 0 Å². The van der Waals surface area contributed by atoms with Crippen LogP contribution in [0.4, 0.5) is 0 Å². The van der Waals surface area contributed by atoms with Crippen molar-refractivity contribution in [3.8, 4) is 33.6 Å². The van der Waals surface area contributed by atoms with Crippen LogP contribution >= 0.6 is 0 Å². The maximum Gasteiger partial charge on any atom is 0.0547 e. The lowest BCUT2D eigenvalue weighted by molar-refractivity contribution is 0.661. The molecule has 55 heavy (non-hydrogen) atoms. The highest BCUT2D eigenvalue weighted by atomic mass is 15.0. The van der Waals surface area contributed by atoms with Crippen molar-refractivity contribution < 1.29 is 0 Å². The molecular weight excluding hydrogens is 665 g/mol. The Kier molecular flexibility index (Phi) is 6.15. The minimum Gasteiger partial charge on any atom is -0.309 e. The molecule has 0 spiro atoms. The van der Waals surface area contributed by atoms with Crippen molar-refractivity contribution in [1.82, 2.24) is 9.13 Å². The van der Waals surface area contributed by atoms with Crippen LogP contribution in [0.15, 0.2) is 182 Å². The highest BCUT2D eigenvalue weighted by molar-refractivity contribution is 6.19. The predicted molar refractivity (Wildman–Crippen MR) is 233 cm³/mol. The topological polar surface area (TPSA) is 9.86 Å². The van der Waals surface area contributed by atoms with E-state index in [1.54, 1.807) is 0 Å². The summed E-state index contributed by atoms with van der Waals surface area (Å²) in [5.74, 6) is 0. The van der Waals surface area contributed by atoms with Crippen LogP contribution < -0.4 is 0 Å². The van der Waals surface area contributed by atoms with Crippen molar-refractivity contribution in [3.05, 3.63) is 193 Å². The van der Waals surface area contributed by atoms with Gasteiger partial charge in [0.25, 0.3) is 0 Å². The average Bonchev–Trinajstić information content (AvgIpc) is 3.83. The molecule has 1 aliphatic carbocycles. The number of nitrogens with zero attached hydrogens (tertiary/aromatic N) is 2. The van der Waals surface area contributed by atoms with Gasteiger partial charge in [-0.1, -0.05) is 147 Å². The van der Waals surface area contributed by atoms with Crippen LogP contribution in [0.3, 0.4) is 0 Å². The van der Waals surface area contributed by atoms with Gasteiger partial charge in [-0.3, -0.25) is 0 Å². The van der Waals surface area contributed by atoms with Gasteiger partial charge in [-0.05, 0) is 92.7 Å². The molecule has 11 aromatic rings. The average molecular weight is 701 g/mol. The van der Waals surface area contributed by atoms with Gasteiger partial charge in [-0.25, -0.2) is 0 Å². The minimum atomic E-state index is -0.0884. The molecule has 0 radical (unpaired) electrons. The van der Waals surface area contributed by atoms with Gasteiger partial charge in [-0.15, -0.1) is 0 Å². The summed E-state index contributed by atoms with van der Waals surface area (Å²) in [6.45, 7) is 4.76. The molecule has 0 aliphatic heterocycles.